The van der Waals surface area contributed by atoms with E-state index in [1.807, 2.05) is 6.07 Å². The number of fused-ring (bicyclic) bond motifs is 5. The zero-order chi connectivity index (χ0) is 84.8. The van der Waals surface area contributed by atoms with E-state index in [9.17, 15) is 18.8 Å². The highest BCUT2D eigenvalue weighted by atomic mass is 19.1. The van der Waals surface area contributed by atoms with E-state index in [1.165, 1.54) is 76.5 Å². The van der Waals surface area contributed by atoms with Crippen molar-refractivity contribution in [2.45, 2.75) is 109 Å². The average Bonchev–Trinajstić information content (AvgIpc) is 0.821. The molecule has 5 aromatic carbocycles. The molecule has 122 heavy (non-hydrogen) atoms. The molecule has 27 nitrogen and oxygen atoms in total. The maximum absolute atomic E-state index is 14.4. The van der Waals surface area contributed by atoms with Crippen LogP contribution in [-0.2, 0) is 53.3 Å². The zero-order valence-corrected chi connectivity index (χ0v) is 70.7. The van der Waals surface area contributed by atoms with Gasteiger partial charge < -0.3 is 82.6 Å². The molecular formula is C94H112FN21O6. The van der Waals surface area contributed by atoms with Crippen LogP contribution < -0.4 is 43.6 Å². The van der Waals surface area contributed by atoms with E-state index in [2.05, 4.69) is 177 Å². The Hall–Kier alpha value is -12.0. The normalized spacial score (nSPS) is 20.6. The maximum atomic E-state index is 14.4. The third kappa shape index (κ3) is 19.5. The standard InChI is InChI=1S/C33H39N7O2.C32H37N7O2.C29H36FN7O2/c1-3-31(41)40-19-18-39(23-26(40)22-34-2)32-28-14-17-38(30-13-9-11-25-10-5-6-12-27(25)30)24-29(28)35-33(36-32)42-21-20-37-15-7-4-8-16-37;1-4-30(40)39-17-16-38(20-25(39)18-33-2)31-27-13-15-37(29-11-7-9-24-8-5-6-10-26(24)29)21-28(27)34-32(35-31)41-22-23-12-14-36(3)19-23;1-5-27(38)37-15-14-36(17-22(37)16-31-3)28-23-11-13-35(26-10-6-9-24(30)20(26)2)18-25(23)32-29(33-28)39-19-21-8-7-12-34(21)4/h3,5-6,9-13,26H,1,4,7-8,14-24H2;4-11,23,25H,1,12-22H2,3H3;5-6,9-10,21-22H,1,7-8,11-19H2,2,4H3/t26-;23-,25+;21-,22?/m010/s1. The van der Waals surface area contributed by atoms with Crippen LogP contribution in [0.15, 0.2) is 141 Å². The Morgan fingerprint density at radius 1 is 0.451 bits per heavy atom. The SMILES string of the molecule is [C-]#[N+]CC1CN(c2nc(OC[C@@H]3CCCN3C)nc3c2CCN(c2cccc(F)c2C)C3)CCN1C(=O)C=C.[C-]#[N+]C[C@H]1CN(c2nc(OCCN3CCCCC3)nc3c2CCN(c2cccc4ccccc24)C3)CCN1C(=O)C=C.[C-]#[N+]C[C@H]1CN(c2nc(OC[C@@H]3CCN(C)C3)nc3c2CCN(c2cccc4ccccc24)C3)CCN1C(=O)C=C. The Morgan fingerprint density at radius 2 is 0.877 bits per heavy atom. The summed E-state index contributed by atoms with van der Waals surface area (Å²) < 4.78 is 33.1. The van der Waals surface area contributed by atoms with E-state index < -0.39 is 0 Å². The van der Waals surface area contributed by atoms with Crippen molar-refractivity contribution in [1.82, 2.24) is 59.3 Å². The Bertz CT molecular complexity index is 5250. The lowest BCUT2D eigenvalue weighted by Gasteiger charge is -2.41. The summed E-state index contributed by atoms with van der Waals surface area (Å²) in [6.45, 7) is 53.1. The van der Waals surface area contributed by atoms with Crippen molar-refractivity contribution in [3.8, 4) is 18.0 Å². The van der Waals surface area contributed by atoms with E-state index in [1.54, 1.807) is 27.7 Å². The van der Waals surface area contributed by atoms with Crippen molar-refractivity contribution < 1.29 is 33.0 Å². The summed E-state index contributed by atoms with van der Waals surface area (Å²) in [5.74, 6) is 2.42. The maximum Gasteiger partial charge on any atom is 0.318 e. The van der Waals surface area contributed by atoms with Gasteiger partial charge in [0.1, 0.15) is 54.6 Å². The number of carbonyl (C=O) groups excluding carboxylic acids is 3. The fourth-order valence-corrected chi connectivity index (χ4v) is 19.0. The molecule has 9 aliphatic rings. The summed E-state index contributed by atoms with van der Waals surface area (Å²) in [6, 6.07) is 35.9. The van der Waals surface area contributed by atoms with Gasteiger partial charge in [0.25, 0.3) is 0 Å². The van der Waals surface area contributed by atoms with E-state index in [4.69, 9.17) is 63.8 Å². The van der Waals surface area contributed by atoms with Crippen molar-refractivity contribution in [3.63, 3.8) is 0 Å². The minimum absolute atomic E-state index is 0.125. The van der Waals surface area contributed by atoms with E-state index >= 15 is 0 Å². The van der Waals surface area contributed by atoms with Gasteiger partial charge in [-0.2, -0.15) is 29.9 Å². The number of ether oxygens (including phenoxy) is 3. The van der Waals surface area contributed by atoms with Gasteiger partial charge in [-0.15, -0.1) is 0 Å². The molecule has 5 atom stereocenters. The number of carbonyl (C=O) groups is 3. The summed E-state index contributed by atoms with van der Waals surface area (Å²) in [5, 5.41) is 4.92. The molecular weight excluding hydrogens is 1540 g/mol. The molecule has 0 aliphatic carbocycles. The summed E-state index contributed by atoms with van der Waals surface area (Å²) in [4.78, 5) is 104. The highest BCUT2D eigenvalue weighted by Crippen LogP contribution is 2.40. The van der Waals surface area contributed by atoms with Crippen molar-refractivity contribution in [1.29, 1.82) is 0 Å². The lowest BCUT2D eigenvalue weighted by atomic mass is 10.0. The number of piperazine rings is 3. The summed E-state index contributed by atoms with van der Waals surface area (Å²) >= 11 is 0. The number of halogens is 1. The lowest BCUT2D eigenvalue weighted by molar-refractivity contribution is -0.129. The molecule has 17 rings (SSSR count). The van der Waals surface area contributed by atoms with E-state index in [0.717, 1.165) is 141 Å². The van der Waals surface area contributed by atoms with Gasteiger partial charge in [0, 0.05) is 154 Å². The molecule has 9 aliphatic heterocycles. The molecule has 8 aromatic rings. The van der Waals surface area contributed by atoms with Crippen molar-refractivity contribution >= 4 is 73.8 Å². The topological polar surface area (TPSA) is 208 Å². The van der Waals surface area contributed by atoms with E-state index in [0.29, 0.717) is 147 Å². The first kappa shape index (κ1) is 85.0. The second-order valence-electron chi connectivity index (χ2n) is 33.3. The molecule has 28 heteroatoms. The van der Waals surface area contributed by atoms with Crippen LogP contribution in [0.4, 0.5) is 38.9 Å². The van der Waals surface area contributed by atoms with Gasteiger partial charge in [0.05, 0.1) is 43.3 Å². The van der Waals surface area contributed by atoms with Crippen LogP contribution >= 0.6 is 0 Å². The molecule has 636 valence electrons. The Morgan fingerprint density at radius 3 is 1.31 bits per heavy atom. The first-order valence-corrected chi connectivity index (χ1v) is 43.3. The first-order valence-electron chi connectivity index (χ1n) is 43.3. The van der Waals surface area contributed by atoms with Gasteiger partial charge in [0.15, 0.2) is 0 Å². The molecule has 0 spiro atoms. The molecule has 1 unspecified atom stereocenters. The van der Waals surface area contributed by atoms with Crippen LogP contribution in [0.2, 0.25) is 0 Å². The molecule has 0 bridgehead atoms. The number of hydrogen-bond acceptors (Lipinski definition) is 21. The van der Waals surface area contributed by atoms with Gasteiger partial charge in [-0.3, -0.25) is 19.3 Å². The van der Waals surface area contributed by atoms with Crippen LogP contribution in [0.5, 0.6) is 18.0 Å². The van der Waals surface area contributed by atoms with Gasteiger partial charge in [-0.25, -0.2) is 24.1 Å². The number of piperidine rings is 1. The van der Waals surface area contributed by atoms with Crippen LogP contribution in [0, 0.1) is 38.4 Å². The third-order valence-corrected chi connectivity index (χ3v) is 25.6. The Kier molecular flexibility index (Phi) is 27.6. The predicted octanol–water partition coefficient (Wildman–Crippen LogP) is 10.9. The molecule has 3 amide bonds. The fourth-order valence-electron chi connectivity index (χ4n) is 19.0. The fraction of sp³-hybridized carbons (Fsp3) is 0.468. The smallest absolute Gasteiger partial charge is 0.318 e. The van der Waals surface area contributed by atoms with Crippen LogP contribution in [0.3, 0.4) is 0 Å². The molecule has 12 heterocycles. The number of rotatable bonds is 22. The predicted molar refractivity (Wildman–Crippen MR) is 476 cm³/mol. The zero-order valence-electron chi connectivity index (χ0n) is 70.7. The minimum atomic E-state index is -0.251. The average molecular weight is 1650 g/mol. The second-order valence-corrected chi connectivity index (χ2v) is 33.3. The molecule has 6 saturated heterocycles. The van der Waals surface area contributed by atoms with Gasteiger partial charge in [0.2, 0.25) is 37.4 Å². The van der Waals surface area contributed by atoms with Crippen LogP contribution in [-0.4, -0.2) is 273 Å². The molecule has 0 N–H and O–H groups in total. The quantitative estimate of drug-likeness (QED) is 0.0456. The highest BCUT2D eigenvalue weighted by molar-refractivity contribution is 5.96. The first-order chi connectivity index (χ1) is 59.6. The Balaban J connectivity index is 0.000000142. The number of likely N-dealkylation sites (N-methyl/N-ethyl adjacent to an activating group) is 1. The highest BCUT2D eigenvalue weighted by Gasteiger charge is 2.40. The van der Waals surface area contributed by atoms with Gasteiger partial charge >= 0.3 is 18.0 Å². The second kappa shape index (κ2) is 39.7. The number of amides is 3. The number of hydrogen-bond donors (Lipinski definition) is 0. The van der Waals surface area contributed by atoms with Gasteiger partial charge in [-0.05, 0) is 152 Å². The number of nitrogens with zero attached hydrogens (tertiary/aromatic N) is 21. The van der Waals surface area contributed by atoms with Gasteiger partial charge in [-0.1, -0.05) is 105 Å². The number of aromatic nitrogens is 6. The monoisotopic (exact) mass is 1650 g/mol. The summed E-state index contributed by atoms with van der Waals surface area (Å²) in [6.07, 6.45) is 13.5. The molecule has 6 fully saturated rings. The van der Waals surface area contributed by atoms with Crippen molar-refractivity contribution in [3.05, 3.63) is 220 Å². The third-order valence-electron chi connectivity index (χ3n) is 25.6. The van der Waals surface area contributed by atoms with Crippen molar-refractivity contribution in [2.24, 2.45) is 5.92 Å². The summed E-state index contributed by atoms with van der Waals surface area (Å²) in [7, 11) is 4.26. The van der Waals surface area contributed by atoms with Crippen LogP contribution in [0.1, 0.15) is 77.9 Å². The number of benzene rings is 5. The summed E-state index contributed by atoms with van der Waals surface area (Å²) in [5.41, 5.74) is 10.1. The van der Waals surface area contributed by atoms with E-state index in [-0.39, 0.29) is 61.3 Å². The number of likely N-dealkylation sites (tertiary alicyclic amines) is 3. The van der Waals surface area contributed by atoms with Crippen molar-refractivity contribution in [2.75, 3.05) is 201 Å². The lowest BCUT2D eigenvalue weighted by Crippen LogP contribution is -2.56. The molecule has 0 saturated carbocycles. The molecule has 0 radical (unpaired) electrons. The minimum Gasteiger partial charge on any atom is -0.463 e. The molecule has 3 aromatic heterocycles. The number of anilines is 6. The van der Waals surface area contributed by atoms with Crippen LogP contribution in [0.25, 0.3) is 36.1 Å². The largest absolute Gasteiger partial charge is 0.463 e. The Labute approximate surface area is 716 Å².